The van der Waals surface area contributed by atoms with Crippen molar-refractivity contribution in [2.24, 2.45) is 17.6 Å². The minimum Gasteiger partial charge on any atom is -0.387 e. The molecule has 3 aliphatic rings. The number of likely N-dealkylation sites (tertiary alicyclic amines) is 1. The molecule has 5 heteroatoms. The van der Waals surface area contributed by atoms with Crippen molar-refractivity contribution < 1.29 is 9.90 Å². The van der Waals surface area contributed by atoms with Crippen molar-refractivity contribution in [3.63, 3.8) is 0 Å². The van der Waals surface area contributed by atoms with Gasteiger partial charge in [-0.15, -0.1) is 0 Å². The first-order valence-electron chi connectivity index (χ1n) is 6.58. The van der Waals surface area contributed by atoms with Gasteiger partial charge >= 0.3 is 0 Å². The third-order valence-electron chi connectivity index (χ3n) is 4.52. The summed E-state index contributed by atoms with van der Waals surface area (Å²) < 4.78 is 0. The van der Waals surface area contributed by atoms with Gasteiger partial charge in [0, 0.05) is 25.7 Å². The Labute approximate surface area is 101 Å². The quantitative estimate of drug-likeness (QED) is 0.572. The molecule has 96 valence electrons. The Morgan fingerprint density at radius 1 is 1.59 bits per heavy atom. The van der Waals surface area contributed by atoms with E-state index in [1.54, 1.807) is 0 Å². The fraction of sp³-hybridized carbons (Fsp3) is 0.917. The Balaban J connectivity index is 1.65. The van der Waals surface area contributed by atoms with Crippen molar-refractivity contribution in [3.05, 3.63) is 0 Å². The summed E-state index contributed by atoms with van der Waals surface area (Å²) in [6, 6.07) is 0.585. The number of carbonyl (C=O) groups excluding carboxylic acids is 1. The number of piperidine rings is 2. The lowest BCUT2D eigenvalue weighted by molar-refractivity contribution is -0.142. The van der Waals surface area contributed by atoms with E-state index in [0.717, 1.165) is 25.9 Å². The molecule has 1 amide bonds. The van der Waals surface area contributed by atoms with Crippen LogP contribution < -0.4 is 11.1 Å². The minimum atomic E-state index is -0.858. The summed E-state index contributed by atoms with van der Waals surface area (Å²) in [5.74, 6) is 0.907. The van der Waals surface area contributed by atoms with Crippen LogP contribution in [-0.2, 0) is 4.79 Å². The van der Waals surface area contributed by atoms with Crippen LogP contribution >= 0.6 is 0 Å². The van der Waals surface area contributed by atoms with Crippen molar-refractivity contribution in [1.29, 1.82) is 0 Å². The molecule has 4 N–H and O–H groups in total. The molecule has 0 spiro atoms. The average Bonchev–Trinajstić information content (AvgIpc) is 3.00. The summed E-state index contributed by atoms with van der Waals surface area (Å²) in [4.78, 5) is 14.2. The predicted octanol–water partition coefficient (Wildman–Crippen LogP) is -1.09. The smallest absolute Gasteiger partial charge is 0.227 e. The molecule has 0 aromatic heterocycles. The largest absolute Gasteiger partial charge is 0.387 e. The zero-order valence-corrected chi connectivity index (χ0v) is 10.1. The zero-order valence-electron chi connectivity index (χ0n) is 10.1. The number of nitrogens with zero attached hydrogens (tertiary/aromatic N) is 1. The first-order chi connectivity index (χ1) is 8.13. The number of β-amino-alcohol motifs (C(OH)–C–C–N with tert-alkyl or cyclic N) is 1. The van der Waals surface area contributed by atoms with Crippen LogP contribution in [0.4, 0.5) is 0 Å². The molecule has 0 bridgehead atoms. The number of aliphatic hydroxyl groups is 1. The molecule has 0 aromatic rings. The van der Waals surface area contributed by atoms with Gasteiger partial charge in [-0.3, -0.25) is 4.79 Å². The van der Waals surface area contributed by atoms with Crippen LogP contribution in [-0.4, -0.2) is 53.7 Å². The van der Waals surface area contributed by atoms with Gasteiger partial charge in [-0.25, -0.2) is 0 Å². The second-order valence-corrected chi connectivity index (χ2v) is 5.81. The number of amides is 1. The van der Waals surface area contributed by atoms with Gasteiger partial charge in [-0.05, 0) is 25.2 Å². The Morgan fingerprint density at radius 2 is 2.41 bits per heavy atom. The van der Waals surface area contributed by atoms with Crippen molar-refractivity contribution >= 4 is 5.91 Å². The van der Waals surface area contributed by atoms with Crippen molar-refractivity contribution in [1.82, 2.24) is 10.2 Å². The zero-order chi connectivity index (χ0) is 12.0. The second-order valence-electron chi connectivity index (χ2n) is 5.81. The second kappa shape index (κ2) is 3.93. The van der Waals surface area contributed by atoms with E-state index in [9.17, 15) is 9.90 Å². The molecule has 0 aromatic carbocycles. The summed E-state index contributed by atoms with van der Waals surface area (Å²) in [6.07, 6.45) is 2.71. The van der Waals surface area contributed by atoms with Gasteiger partial charge in [0.25, 0.3) is 0 Å². The van der Waals surface area contributed by atoms with Crippen LogP contribution in [0.25, 0.3) is 0 Å². The highest BCUT2D eigenvalue weighted by Crippen LogP contribution is 2.43. The molecule has 4 unspecified atom stereocenters. The third kappa shape index (κ3) is 1.96. The lowest BCUT2D eigenvalue weighted by atomic mass is 9.91. The van der Waals surface area contributed by atoms with Crippen LogP contribution in [0, 0.1) is 11.8 Å². The molecular formula is C12H21N3O2. The van der Waals surface area contributed by atoms with E-state index >= 15 is 0 Å². The van der Waals surface area contributed by atoms with E-state index in [4.69, 9.17) is 5.73 Å². The summed E-state index contributed by atoms with van der Waals surface area (Å²) in [6.45, 7) is 2.24. The molecule has 0 radical (unpaired) electrons. The number of fused-ring (bicyclic) bond motifs is 1. The molecule has 2 saturated heterocycles. The highest BCUT2D eigenvalue weighted by Gasteiger charge is 2.52. The molecule has 17 heavy (non-hydrogen) atoms. The first-order valence-corrected chi connectivity index (χ1v) is 6.58. The maximum absolute atomic E-state index is 12.4. The summed E-state index contributed by atoms with van der Waals surface area (Å²) in [5, 5.41) is 13.5. The summed E-state index contributed by atoms with van der Waals surface area (Å²) in [7, 11) is 0. The van der Waals surface area contributed by atoms with Gasteiger partial charge in [0.2, 0.25) is 5.91 Å². The Bertz CT molecular complexity index is 336. The monoisotopic (exact) mass is 239 g/mol. The number of nitrogens with one attached hydrogen (secondary N) is 1. The Morgan fingerprint density at radius 3 is 3.00 bits per heavy atom. The minimum absolute atomic E-state index is 0.139. The number of carbonyl (C=O) groups is 1. The topological polar surface area (TPSA) is 78.6 Å². The average molecular weight is 239 g/mol. The lowest BCUT2D eigenvalue weighted by Crippen LogP contribution is -2.55. The summed E-state index contributed by atoms with van der Waals surface area (Å²) >= 11 is 0. The molecule has 5 nitrogen and oxygen atoms in total. The number of hydrogen-bond acceptors (Lipinski definition) is 4. The molecule has 3 fully saturated rings. The van der Waals surface area contributed by atoms with Crippen molar-refractivity contribution in [2.45, 2.75) is 30.9 Å². The maximum Gasteiger partial charge on any atom is 0.227 e. The van der Waals surface area contributed by atoms with Crippen LogP contribution in [0.2, 0.25) is 0 Å². The highest BCUT2D eigenvalue weighted by atomic mass is 16.3. The predicted molar refractivity (Wildman–Crippen MR) is 63.2 cm³/mol. The van der Waals surface area contributed by atoms with E-state index in [2.05, 4.69) is 5.32 Å². The maximum atomic E-state index is 12.4. The molecule has 2 aliphatic heterocycles. The van der Waals surface area contributed by atoms with Crippen molar-refractivity contribution in [2.75, 3.05) is 26.2 Å². The molecule has 3 rings (SSSR count). The van der Waals surface area contributed by atoms with Gasteiger partial charge in [0.05, 0.1) is 18.1 Å². The fourth-order valence-electron chi connectivity index (χ4n) is 3.30. The van der Waals surface area contributed by atoms with Gasteiger partial charge in [0.15, 0.2) is 0 Å². The Hall–Kier alpha value is -0.650. The van der Waals surface area contributed by atoms with Gasteiger partial charge in [-0.1, -0.05) is 0 Å². The lowest BCUT2D eigenvalue weighted by Gasteiger charge is -2.39. The molecule has 4 atom stereocenters. The van der Waals surface area contributed by atoms with Crippen LogP contribution in [0.3, 0.4) is 0 Å². The number of hydrogen-bond donors (Lipinski definition) is 3. The van der Waals surface area contributed by atoms with E-state index in [0.29, 0.717) is 24.9 Å². The molecular weight excluding hydrogens is 218 g/mol. The normalized spacial score (nSPS) is 44.6. The fourth-order valence-corrected chi connectivity index (χ4v) is 3.30. The molecule has 2 heterocycles. The van der Waals surface area contributed by atoms with Crippen molar-refractivity contribution in [3.8, 4) is 0 Å². The third-order valence-corrected chi connectivity index (χ3v) is 4.52. The first kappa shape index (κ1) is 11.4. The van der Waals surface area contributed by atoms with Gasteiger partial charge in [-0.2, -0.15) is 0 Å². The van der Waals surface area contributed by atoms with Crippen LogP contribution in [0.5, 0.6) is 0 Å². The van der Waals surface area contributed by atoms with Gasteiger partial charge < -0.3 is 21.1 Å². The number of nitrogens with two attached hydrogens (primary N) is 1. The standard InChI is InChI=1S/C12H21N3O2/c13-6-12(17)2-1-3-15(7-12)11(16)9-5-14-10-4-8(9)10/h8-10,14,17H,1-7,13H2. The van der Waals surface area contributed by atoms with E-state index in [-0.39, 0.29) is 18.4 Å². The SMILES string of the molecule is NCC1(O)CCCN(C(=O)C2CNC3CC32)C1. The molecule has 1 saturated carbocycles. The van der Waals surface area contributed by atoms with Crippen LogP contribution in [0.1, 0.15) is 19.3 Å². The number of rotatable bonds is 2. The van der Waals surface area contributed by atoms with E-state index in [1.807, 2.05) is 4.90 Å². The molecule has 1 aliphatic carbocycles. The van der Waals surface area contributed by atoms with Gasteiger partial charge in [0.1, 0.15) is 0 Å². The van der Waals surface area contributed by atoms with E-state index < -0.39 is 5.60 Å². The summed E-state index contributed by atoms with van der Waals surface area (Å²) in [5.41, 5.74) is 4.73. The highest BCUT2D eigenvalue weighted by molar-refractivity contribution is 5.80. The Kier molecular flexibility index (Phi) is 2.65. The van der Waals surface area contributed by atoms with Crippen LogP contribution in [0.15, 0.2) is 0 Å². The van der Waals surface area contributed by atoms with E-state index in [1.165, 1.54) is 0 Å².